The Balaban J connectivity index is 1.45. The molecule has 1 aliphatic carbocycles. The summed E-state index contributed by atoms with van der Waals surface area (Å²) in [6.45, 7) is -0.265. The molecule has 1 fully saturated rings. The van der Waals surface area contributed by atoms with E-state index in [0.717, 1.165) is 0 Å². The maximum absolute atomic E-state index is 14.6. The van der Waals surface area contributed by atoms with Gasteiger partial charge in [-0.25, -0.2) is 4.39 Å². The zero-order valence-corrected chi connectivity index (χ0v) is 17.3. The highest BCUT2D eigenvalue weighted by molar-refractivity contribution is 6.35. The standard InChI is InChI=1S/C22H18Cl2FN3O2/c23-15-6-7-17(19(24)9-15)20(25)11-26-22(29)18-10-27-28-12-21(18)30-16-3-1-2-14(8-16)13-4-5-13/h1-3,6-10,12-13,20H,4-5,11H2,(H,26,29). The fourth-order valence-corrected chi connectivity index (χ4v) is 3.61. The van der Waals surface area contributed by atoms with Gasteiger partial charge in [-0.3, -0.25) is 4.79 Å². The van der Waals surface area contributed by atoms with Crippen molar-refractivity contribution in [2.24, 2.45) is 0 Å². The van der Waals surface area contributed by atoms with E-state index in [1.807, 2.05) is 18.2 Å². The molecule has 154 valence electrons. The molecule has 0 saturated heterocycles. The molecule has 4 rings (SSSR count). The number of rotatable bonds is 7. The lowest BCUT2D eigenvalue weighted by Crippen LogP contribution is -2.27. The van der Waals surface area contributed by atoms with Gasteiger partial charge in [-0.2, -0.15) is 10.2 Å². The van der Waals surface area contributed by atoms with Gasteiger partial charge in [0.05, 0.1) is 18.9 Å². The van der Waals surface area contributed by atoms with Crippen molar-refractivity contribution in [3.63, 3.8) is 0 Å². The van der Waals surface area contributed by atoms with Crippen LogP contribution in [0.1, 0.15) is 46.4 Å². The SMILES string of the molecule is O=C(NCC(F)c1ccc(Cl)cc1Cl)c1cnncc1Oc1cccc(C2CC2)c1. The van der Waals surface area contributed by atoms with Crippen molar-refractivity contribution in [2.45, 2.75) is 24.9 Å². The number of amides is 1. The van der Waals surface area contributed by atoms with Crippen LogP contribution in [0.25, 0.3) is 0 Å². The van der Waals surface area contributed by atoms with E-state index in [-0.39, 0.29) is 28.4 Å². The van der Waals surface area contributed by atoms with Gasteiger partial charge in [0.15, 0.2) is 5.75 Å². The molecule has 1 saturated carbocycles. The quantitative estimate of drug-likeness (QED) is 0.491. The largest absolute Gasteiger partial charge is 0.455 e. The first kappa shape index (κ1) is 20.6. The second-order valence-electron chi connectivity index (χ2n) is 7.06. The molecule has 1 aliphatic rings. The molecule has 1 unspecified atom stereocenters. The third kappa shape index (κ3) is 4.89. The molecule has 0 spiro atoms. The maximum Gasteiger partial charge on any atom is 0.256 e. The van der Waals surface area contributed by atoms with Gasteiger partial charge < -0.3 is 10.1 Å². The van der Waals surface area contributed by atoms with Crippen LogP contribution >= 0.6 is 23.2 Å². The monoisotopic (exact) mass is 445 g/mol. The summed E-state index contributed by atoms with van der Waals surface area (Å²) < 4.78 is 20.5. The van der Waals surface area contributed by atoms with Crippen LogP contribution in [0.4, 0.5) is 4.39 Å². The molecule has 0 aliphatic heterocycles. The highest BCUT2D eigenvalue weighted by Crippen LogP contribution is 2.41. The van der Waals surface area contributed by atoms with Crippen LogP contribution in [0, 0.1) is 0 Å². The predicted molar refractivity (Wildman–Crippen MR) is 113 cm³/mol. The zero-order valence-electron chi connectivity index (χ0n) is 15.8. The molecule has 1 aromatic heterocycles. The number of alkyl halides is 1. The Kier molecular flexibility index (Phi) is 6.16. The lowest BCUT2D eigenvalue weighted by Gasteiger charge is -2.14. The summed E-state index contributed by atoms with van der Waals surface area (Å²) in [6.07, 6.45) is 3.51. The van der Waals surface area contributed by atoms with Crippen LogP contribution in [0.15, 0.2) is 54.9 Å². The van der Waals surface area contributed by atoms with Gasteiger partial charge in [0.25, 0.3) is 5.91 Å². The van der Waals surface area contributed by atoms with Crippen LogP contribution in [0.3, 0.4) is 0 Å². The first-order valence-corrected chi connectivity index (χ1v) is 10.2. The van der Waals surface area contributed by atoms with Crippen molar-refractivity contribution in [3.8, 4) is 11.5 Å². The molecule has 1 amide bonds. The number of nitrogens with zero attached hydrogens (tertiary/aromatic N) is 2. The van der Waals surface area contributed by atoms with Crippen LogP contribution in [-0.2, 0) is 0 Å². The minimum absolute atomic E-state index is 0.163. The second kappa shape index (κ2) is 8.98. The Morgan fingerprint density at radius 1 is 1.17 bits per heavy atom. The van der Waals surface area contributed by atoms with E-state index in [1.165, 1.54) is 42.9 Å². The van der Waals surface area contributed by atoms with E-state index < -0.39 is 12.1 Å². The van der Waals surface area contributed by atoms with Gasteiger partial charge in [0.1, 0.15) is 17.5 Å². The summed E-state index contributed by atoms with van der Waals surface area (Å²) in [6, 6.07) is 12.3. The van der Waals surface area contributed by atoms with Crippen LogP contribution < -0.4 is 10.1 Å². The van der Waals surface area contributed by atoms with E-state index in [4.69, 9.17) is 27.9 Å². The first-order chi connectivity index (χ1) is 14.5. The van der Waals surface area contributed by atoms with Gasteiger partial charge in [-0.15, -0.1) is 0 Å². The minimum atomic E-state index is -1.49. The molecule has 2 aromatic carbocycles. The van der Waals surface area contributed by atoms with E-state index in [2.05, 4.69) is 21.6 Å². The topological polar surface area (TPSA) is 64.1 Å². The molecule has 3 aromatic rings. The summed E-state index contributed by atoms with van der Waals surface area (Å²) in [5.74, 6) is 0.909. The average molecular weight is 446 g/mol. The summed E-state index contributed by atoms with van der Waals surface area (Å²) in [4.78, 5) is 12.6. The molecule has 1 atom stereocenters. The summed E-state index contributed by atoms with van der Waals surface area (Å²) in [7, 11) is 0. The van der Waals surface area contributed by atoms with E-state index in [9.17, 15) is 9.18 Å². The zero-order chi connectivity index (χ0) is 21.1. The number of halogens is 3. The summed E-state index contributed by atoms with van der Waals surface area (Å²) >= 11 is 11.9. The number of benzene rings is 2. The van der Waals surface area contributed by atoms with Crippen LogP contribution in [0.5, 0.6) is 11.5 Å². The van der Waals surface area contributed by atoms with Crippen molar-refractivity contribution in [2.75, 3.05) is 6.54 Å². The van der Waals surface area contributed by atoms with Gasteiger partial charge in [0.2, 0.25) is 0 Å². The number of ether oxygens (including phenoxy) is 1. The fourth-order valence-electron chi connectivity index (χ4n) is 3.08. The van der Waals surface area contributed by atoms with Crippen molar-refractivity contribution >= 4 is 29.1 Å². The van der Waals surface area contributed by atoms with Gasteiger partial charge in [0, 0.05) is 15.6 Å². The molecule has 1 N–H and O–H groups in total. The Morgan fingerprint density at radius 3 is 2.73 bits per heavy atom. The normalized spacial score (nSPS) is 14.2. The molecule has 0 radical (unpaired) electrons. The fraction of sp³-hybridized carbons (Fsp3) is 0.227. The Hall–Kier alpha value is -2.70. The summed E-state index contributed by atoms with van der Waals surface area (Å²) in [5.41, 5.74) is 1.62. The number of hydrogen-bond acceptors (Lipinski definition) is 4. The third-order valence-electron chi connectivity index (χ3n) is 4.82. The number of carbonyl (C=O) groups excluding carboxylic acids is 1. The van der Waals surface area contributed by atoms with Gasteiger partial charge in [-0.1, -0.05) is 41.4 Å². The molecule has 1 heterocycles. The Morgan fingerprint density at radius 2 is 1.97 bits per heavy atom. The van der Waals surface area contributed by atoms with E-state index in [0.29, 0.717) is 16.7 Å². The highest BCUT2D eigenvalue weighted by atomic mass is 35.5. The minimum Gasteiger partial charge on any atom is -0.455 e. The van der Waals surface area contributed by atoms with Crippen LogP contribution in [-0.4, -0.2) is 22.6 Å². The number of aromatic nitrogens is 2. The molecule has 30 heavy (non-hydrogen) atoms. The highest BCUT2D eigenvalue weighted by Gasteiger charge is 2.24. The molecular weight excluding hydrogens is 428 g/mol. The average Bonchev–Trinajstić information content (AvgIpc) is 3.58. The molecule has 5 nitrogen and oxygen atoms in total. The predicted octanol–water partition coefficient (Wildman–Crippen LogP) is 5.89. The molecule has 0 bridgehead atoms. The van der Waals surface area contributed by atoms with Crippen molar-refractivity contribution in [1.82, 2.24) is 15.5 Å². The second-order valence-corrected chi connectivity index (χ2v) is 7.90. The van der Waals surface area contributed by atoms with Crippen molar-refractivity contribution < 1.29 is 13.9 Å². The first-order valence-electron chi connectivity index (χ1n) is 9.47. The number of hydrogen-bond donors (Lipinski definition) is 1. The lowest BCUT2D eigenvalue weighted by molar-refractivity contribution is 0.0939. The Labute approximate surface area is 183 Å². The maximum atomic E-state index is 14.6. The molecular formula is C22H18Cl2FN3O2. The number of nitrogens with one attached hydrogen (secondary N) is 1. The molecule has 8 heteroatoms. The van der Waals surface area contributed by atoms with Crippen molar-refractivity contribution in [1.29, 1.82) is 0 Å². The van der Waals surface area contributed by atoms with Crippen molar-refractivity contribution in [3.05, 3.63) is 81.6 Å². The van der Waals surface area contributed by atoms with E-state index in [1.54, 1.807) is 6.07 Å². The van der Waals surface area contributed by atoms with Crippen LogP contribution in [0.2, 0.25) is 10.0 Å². The lowest BCUT2D eigenvalue weighted by atomic mass is 10.1. The Bertz CT molecular complexity index is 1080. The smallest absolute Gasteiger partial charge is 0.256 e. The van der Waals surface area contributed by atoms with Gasteiger partial charge in [-0.05, 0) is 48.6 Å². The van der Waals surface area contributed by atoms with E-state index >= 15 is 0 Å². The van der Waals surface area contributed by atoms with Gasteiger partial charge >= 0.3 is 0 Å². The summed E-state index contributed by atoms with van der Waals surface area (Å²) in [5, 5.41) is 10.7. The number of carbonyl (C=O) groups is 1. The third-order valence-corrected chi connectivity index (χ3v) is 5.38.